The van der Waals surface area contributed by atoms with Crippen molar-refractivity contribution in [2.24, 2.45) is 0 Å². The molecule has 0 spiro atoms. The molecule has 1 aliphatic heterocycles. The average Bonchev–Trinajstić information content (AvgIpc) is 2.85. The van der Waals surface area contributed by atoms with Gasteiger partial charge in [0.15, 0.2) is 0 Å². The molecule has 0 fully saturated rings. The van der Waals surface area contributed by atoms with Gasteiger partial charge < -0.3 is 14.9 Å². The minimum Gasteiger partial charge on any atom is -0.507 e. The van der Waals surface area contributed by atoms with E-state index in [1.807, 2.05) is 32.3 Å². The van der Waals surface area contributed by atoms with E-state index in [9.17, 15) is 5.11 Å². The molecular formula is C19H25ClN2O. The number of hydrogen-bond donors (Lipinski definition) is 1. The highest BCUT2D eigenvalue weighted by Crippen LogP contribution is 2.48. The quantitative estimate of drug-likeness (QED) is 0.817. The normalized spacial score (nSPS) is 17.7. The van der Waals surface area contributed by atoms with Gasteiger partial charge in [-0.3, -0.25) is 0 Å². The van der Waals surface area contributed by atoms with E-state index in [0.29, 0.717) is 11.6 Å². The van der Waals surface area contributed by atoms with E-state index in [1.54, 1.807) is 0 Å². The molecule has 1 atom stereocenters. The first kappa shape index (κ1) is 16.3. The second-order valence-corrected chi connectivity index (χ2v) is 7.89. The van der Waals surface area contributed by atoms with E-state index in [0.717, 1.165) is 28.7 Å². The van der Waals surface area contributed by atoms with E-state index < -0.39 is 0 Å². The monoisotopic (exact) mass is 332 g/mol. The first-order valence-electron chi connectivity index (χ1n) is 8.04. The summed E-state index contributed by atoms with van der Waals surface area (Å²) in [5.41, 5.74) is 3.51. The smallest absolute Gasteiger partial charge is 0.125 e. The molecule has 124 valence electrons. The van der Waals surface area contributed by atoms with E-state index in [2.05, 4.69) is 36.6 Å². The molecule has 0 saturated carbocycles. The first-order chi connectivity index (χ1) is 10.7. The standard InChI is InChI=1S/C19H25ClN2O/c1-19(2,3)22-11-12(10-20)18-15-8-13(21(4)5)6-7-14(15)17(23)9-16(18)22/h6-9,12,23H,10-11H2,1-5H3/t12-/m1/s1. The molecular weight excluding hydrogens is 308 g/mol. The predicted octanol–water partition coefficient (Wildman–Crippen LogP) is 4.55. The summed E-state index contributed by atoms with van der Waals surface area (Å²) in [6.45, 7) is 7.49. The maximum atomic E-state index is 10.5. The summed E-state index contributed by atoms with van der Waals surface area (Å²) in [5, 5.41) is 12.6. The van der Waals surface area contributed by atoms with Crippen LogP contribution in [0.4, 0.5) is 11.4 Å². The Morgan fingerprint density at radius 2 is 1.91 bits per heavy atom. The zero-order valence-electron chi connectivity index (χ0n) is 14.5. The molecule has 0 radical (unpaired) electrons. The summed E-state index contributed by atoms with van der Waals surface area (Å²) in [5.74, 6) is 1.21. The third-order valence-electron chi connectivity index (χ3n) is 4.73. The highest BCUT2D eigenvalue weighted by molar-refractivity contribution is 6.18. The summed E-state index contributed by atoms with van der Waals surface area (Å²) in [7, 11) is 4.06. The minimum absolute atomic E-state index is 0.00513. The van der Waals surface area contributed by atoms with Crippen molar-refractivity contribution in [1.29, 1.82) is 0 Å². The van der Waals surface area contributed by atoms with Gasteiger partial charge in [-0.1, -0.05) is 0 Å². The van der Waals surface area contributed by atoms with Crippen molar-refractivity contribution in [3.63, 3.8) is 0 Å². The number of rotatable bonds is 2. The summed E-state index contributed by atoms with van der Waals surface area (Å²) in [6, 6.07) is 8.12. The van der Waals surface area contributed by atoms with Gasteiger partial charge in [-0.15, -0.1) is 11.6 Å². The number of fused-ring (bicyclic) bond motifs is 3. The molecule has 0 unspecified atom stereocenters. The highest BCUT2D eigenvalue weighted by Gasteiger charge is 2.36. The summed E-state index contributed by atoms with van der Waals surface area (Å²) in [6.07, 6.45) is 0. The Morgan fingerprint density at radius 1 is 1.22 bits per heavy atom. The average molecular weight is 333 g/mol. The zero-order chi connectivity index (χ0) is 16.9. The lowest BCUT2D eigenvalue weighted by molar-refractivity contribution is 0.479. The molecule has 1 heterocycles. The minimum atomic E-state index is -0.00513. The molecule has 0 aliphatic carbocycles. The van der Waals surface area contributed by atoms with Crippen LogP contribution in [0.15, 0.2) is 24.3 Å². The molecule has 0 bridgehead atoms. The third-order valence-corrected chi connectivity index (χ3v) is 5.11. The fourth-order valence-electron chi connectivity index (χ4n) is 3.50. The number of aromatic hydroxyl groups is 1. The van der Waals surface area contributed by atoms with Crippen LogP contribution in [0.3, 0.4) is 0 Å². The topological polar surface area (TPSA) is 26.7 Å². The number of alkyl halides is 1. The predicted molar refractivity (Wildman–Crippen MR) is 100 cm³/mol. The lowest BCUT2D eigenvalue weighted by Gasteiger charge is -2.35. The Balaban J connectivity index is 2.32. The second-order valence-electron chi connectivity index (χ2n) is 7.59. The molecule has 3 rings (SSSR count). The van der Waals surface area contributed by atoms with Gasteiger partial charge >= 0.3 is 0 Å². The van der Waals surface area contributed by atoms with Gasteiger partial charge in [-0.2, -0.15) is 0 Å². The molecule has 0 saturated heterocycles. The largest absolute Gasteiger partial charge is 0.507 e. The van der Waals surface area contributed by atoms with Crippen LogP contribution in [0.5, 0.6) is 5.75 Å². The van der Waals surface area contributed by atoms with Crippen LogP contribution < -0.4 is 9.80 Å². The summed E-state index contributed by atoms with van der Waals surface area (Å²) < 4.78 is 0. The van der Waals surface area contributed by atoms with Crippen LogP contribution in [-0.4, -0.2) is 37.2 Å². The number of phenolic OH excluding ortho intramolecular Hbond substituents is 1. The van der Waals surface area contributed by atoms with Crippen molar-refractivity contribution in [1.82, 2.24) is 0 Å². The maximum Gasteiger partial charge on any atom is 0.125 e. The van der Waals surface area contributed by atoms with Crippen LogP contribution in [0, 0.1) is 0 Å². The molecule has 0 aromatic heterocycles. The Morgan fingerprint density at radius 3 is 2.48 bits per heavy atom. The Bertz CT molecular complexity index is 749. The number of hydrogen-bond acceptors (Lipinski definition) is 3. The van der Waals surface area contributed by atoms with Crippen molar-refractivity contribution < 1.29 is 5.11 Å². The van der Waals surface area contributed by atoms with Gasteiger partial charge in [0.2, 0.25) is 0 Å². The molecule has 2 aromatic rings. The number of anilines is 2. The van der Waals surface area contributed by atoms with Crippen LogP contribution in [-0.2, 0) is 0 Å². The van der Waals surface area contributed by atoms with Crippen LogP contribution in [0.2, 0.25) is 0 Å². The van der Waals surface area contributed by atoms with Gasteiger partial charge in [0.1, 0.15) is 5.75 Å². The fourth-order valence-corrected chi connectivity index (χ4v) is 3.76. The highest BCUT2D eigenvalue weighted by atomic mass is 35.5. The van der Waals surface area contributed by atoms with Crippen LogP contribution in [0.1, 0.15) is 32.3 Å². The Hall–Kier alpha value is -1.61. The van der Waals surface area contributed by atoms with Crippen LogP contribution >= 0.6 is 11.6 Å². The van der Waals surface area contributed by atoms with Gasteiger partial charge in [0, 0.05) is 60.8 Å². The Labute approximate surface area is 143 Å². The molecule has 0 amide bonds. The van der Waals surface area contributed by atoms with Gasteiger partial charge in [-0.05, 0) is 49.9 Å². The number of phenols is 1. The zero-order valence-corrected chi connectivity index (χ0v) is 15.3. The van der Waals surface area contributed by atoms with Crippen molar-refractivity contribution in [2.75, 3.05) is 36.3 Å². The molecule has 2 aromatic carbocycles. The SMILES string of the molecule is CN(C)c1ccc2c(O)cc3c(c2c1)[C@H](CCl)CN3C(C)(C)C. The lowest BCUT2D eigenvalue weighted by atomic mass is 9.95. The van der Waals surface area contributed by atoms with Crippen LogP contribution in [0.25, 0.3) is 10.8 Å². The Kier molecular flexibility index (Phi) is 3.88. The van der Waals surface area contributed by atoms with E-state index >= 15 is 0 Å². The van der Waals surface area contributed by atoms with E-state index in [1.165, 1.54) is 5.56 Å². The maximum absolute atomic E-state index is 10.5. The number of halogens is 1. The molecule has 23 heavy (non-hydrogen) atoms. The summed E-state index contributed by atoms with van der Waals surface area (Å²) >= 11 is 6.29. The van der Waals surface area contributed by atoms with Crippen molar-refractivity contribution in [2.45, 2.75) is 32.2 Å². The van der Waals surface area contributed by atoms with Gasteiger partial charge in [0.05, 0.1) is 0 Å². The molecule has 1 N–H and O–H groups in total. The van der Waals surface area contributed by atoms with E-state index in [4.69, 9.17) is 11.6 Å². The fraction of sp³-hybridized carbons (Fsp3) is 0.474. The van der Waals surface area contributed by atoms with Crippen molar-refractivity contribution in [3.05, 3.63) is 29.8 Å². The van der Waals surface area contributed by atoms with Crippen molar-refractivity contribution >= 4 is 33.7 Å². The third kappa shape index (κ3) is 2.61. The van der Waals surface area contributed by atoms with Crippen molar-refractivity contribution in [3.8, 4) is 5.75 Å². The number of benzene rings is 2. The van der Waals surface area contributed by atoms with E-state index in [-0.39, 0.29) is 11.5 Å². The van der Waals surface area contributed by atoms with Gasteiger partial charge in [0.25, 0.3) is 0 Å². The number of nitrogens with zero attached hydrogens (tertiary/aromatic N) is 2. The molecule has 3 nitrogen and oxygen atoms in total. The second kappa shape index (κ2) is 5.48. The van der Waals surface area contributed by atoms with Gasteiger partial charge in [-0.25, -0.2) is 0 Å². The summed E-state index contributed by atoms with van der Waals surface area (Å²) in [4.78, 5) is 4.44. The first-order valence-corrected chi connectivity index (χ1v) is 8.58. The molecule has 4 heteroatoms. The lowest BCUT2D eigenvalue weighted by Crippen LogP contribution is -2.40. The molecule has 1 aliphatic rings.